The molecule has 34 heavy (non-hydrogen) atoms. The SMILES string of the molecule is Cc1cn([C@H]2C[C@H](O)[C@@H](COP(=O)([O-])OP(=O)([O-])O[C@@H]3C[C@H]([NH3+])[C@H](O)[C@H](C)O3)O2)c(=O)[nH]c1=O. The van der Waals surface area contributed by atoms with Gasteiger partial charge in [-0.25, -0.2) is 9.11 Å². The topological polar surface area (TPSA) is 249 Å². The number of phosphoric acid groups is 2. The highest BCUT2D eigenvalue weighted by atomic mass is 31.3. The van der Waals surface area contributed by atoms with Gasteiger partial charge in [-0.05, 0) is 13.8 Å². The second kappa shape index (κ2) is 10.4. The maximum Gasteiger partial charge on any atom is 0.330 e. The van der Waals surface area contributed by atoms with Gasteiger partial charge in [0.1, 0.15) is 24.5 Å². The Balaban J connectivity index is 1.56. The number of phosphoric ester groups is 2. The highest BCUT2D eigenvalue weighted by Crippen LogP contribution is 2.56. The zero-order valence-corrected chi connectivity index (χ0v) is 20.0. The van der Waals surface area contributed by atoms with Gasteiger partial charge < -0.3 is 39.7 Å². The summed E-state index contributed by atoms with van der Waals surface area (Å²) < 4.78 is 48.8. The van der Waals surface area contributed by atoms with Gasteiger partial charge in [0.05, 0.1) is 25.2 Å². The second-order valence-electron chi connectivity index (χ2n) is 8.05. The average molecular weight is 530 g/mol. The van der Waals surface area contributed by atoms with E-state index in [1.54, 1.807) is 0 Å². The number of ether oxygens (including phenoxy) is 2. The number of hydrogen-bond acceptors (Lipinski definition) is 13. The fourth-order valence-corrected chi connectivity index (χ4v) is 5.60. The highest BCUT2D eigenvalue weighted by Gasteiger charge is 2.39. The monoisotopic (exact) mass is 530 g/mol. The van der Waals surface area contributed by atoms with E-state index in [1.807, 2.05) is 0 Å². The second-order valence-corrected chi connectivity index (χ2v) is 11.0. The molecule has 3 heterocycles. The van der Waals surface area contributed by atoms with Crippen molar-refractivity contribution in [3.63, 3.8) is 0 Å². The molecule has 16 nitrogen and oxygen atoms in total. The number of aryl methyl sites for hydroxylation is 1. The number of aromatic nitrogens is 2. The Kier molecular flexibility index (Phi) is 8.35. The van der Waals surface area contributed by atoms with E-state index in [-0.39, 0.29) is 18.4 Å². The van der Waals surface area contributed by atoms with Gasteiger partial charge in [0.15, 0.2) is 6.29 Å². The Hall–Kier alpha value is -1.26. The molecule has 194 valence electrons. The zero-order chi connectivity index (χ0) is 25.4. The lowest BCUT2D eigenvalue weighted by Crippen LogP contribution is -2.71. The molecule has 0 bridgehead atoms. The molecule has 2 saturated heterocycles. The summed E-state index contributed by atoms with van der Waals surface area (Å²) in [6.45, 7) is 2.08. The number of nitrogens with zero attached hydrogens (tertiary/aromatic N) is 1. The van der Waals surface area contributed by atoms with Crippen LogP contribution in [-0.4, -0.2) is 63.1 Å². The molecule has 0 saturated carbocycles. The predicted octanol–water partition coefficient (Wildman–Crippen LogP) is -3.41. The number of rotatable bonds is 8. The van der Waals surface area contributed by atoms with Crippen molar-refractivity contribution in [2.24, 2.45) is 0 Å². The van der Waals surface area contributed by atoms with E-state index in [2.05, 4.69) is 24.1 Å². The van der Waals surface area contributed by atoms with Crippen LogP contribution in [0.5, 0.6) is 0 Å². The van der Waals surface area contributed by atoms with Crippen molar-refractivity contribution in [2.45, 2.75) is 69.7 Å². The number of hydrogen-bond donors (Lipinski definition) is 4. The van der Waals surface area contributed by atoms with Crippen LogP contribution in [0.1, 0.15) is 31.6 Å². The van der Waals surface area contributed by atoms with Crippen molar-refractivity contribution in [1.29, 1.82) is 0 Å². The maximum absolute atomic E-state index is 12.0. The van der Waals surface area contributed by atoms with Gasteiger partial charge >= 0.3 is 5.69 Å². The third-order valence-corrected chi connectivity index (χ3v) is 7.89. The number of quaternary nitrogens is 1. The van der Waals surface area contributed by atoms with Crippen molar-refractivity contribution in [3.05, 3.63) is 32.6 Å². The fraction of sp³-hybridized carbons (Fsp3) is 0.750. The minimum absolute atomic E-state index is 0.137. The van der Waals surface area contributed by atoms with E-state index < -0.39 is 76.5 Å². The van der Waals surface area contributed by atoms with Crippen molar-refractivity contribution >= 4 is 15.6 Å². The molecule has 1 aromatic heterocycles. The van der Waals surface area contributed by atoms with E-state index in [0.29, 0.717) is 0 Å². The number of aliphatic hydroxyl groups is 2. The standard InChI is InChI=1S/C16H27N3O13P2/c1-7-5-19(16(23)18-15(7)22)12-4-10(20)11(30-12)6-28-33(24,25)32-34(26,27)31-13-3-9(17)14(21)8(2)29-13/h5,8-14,20-21H,3-4,6,17H2,1-2H3,(H,24,25)(H,26,27)(H,18,22,23)/p-1/t8-,9-,10-,11+,12+,13+,14+/m0/s1. The summed E-state index contributed by atoms with van der Waals surface area (Å²) in [5.41, 5.74) is 2.46. The lowest BCUT2D eigenvalue weighted by Gasteiger charge is -2.38. The van der Waals surface area contributed by atoms with Crippen LogP contribution in [-0.2, 0) is 32.0 Å². The molecule has 9 atom stereocenters. The summed E-state index contributed by atoms with van der Waals surface area (Å²) in [5, 5.41) is 19.9. The number of nitrogens with one attached hydrogen (secondary N) is 1. The lowest BCUT2D eigenvalue weighted by molar-refractivity contribution is -0.463. The molecule has 6 N–H and O–H groups in total. The van der Waals surface area contributed by atoms with E-state index >= 15 is 0 Å². The van der Waals surface area contributed by atoms with Crippen LogP contribution < -0.4 is 26.8 Å². The molecular weight excluding hydrogens is 504 g/mol. The molecule has 2 aliphatic rings. The summed E-state index contributed by atoms with van der Waals surface area (Å²) in [7, 11) is -11.0. The normalized spacial score (nSPS) is 35.6. The molecule has 2 unspecified atom stereocenters. The van der Waals surface area contributed by atoms with Crippen LogP contribution in [0.15, 0.2) is 15.8 Å². The first-order valence-electron chi connectivity index (χ1n) is 10.2. The van der Waals surface area contributed by atoms with Crippen molar-refractivity contribution < 1.29 is 57.7 Å². The van der Waals surface area contributed by atoms with Gasteiger partial charge in [-0.2, -0.15) is 0 Å². The molecule has 0 aliphatic carbocycles. The van der Waals surface area contributed by atoms with E-state index in [9.17, 15) is 38.7 Å². The molecular formula is C16H26N3O13P2-. The Morgan fingerprint density at radius 2 is 1.91 bits per heavy atom. The van der Waals surface area contributed by atoms with Crippen LogP contribution in [0.4, 0.5) is 0 Å². The number of aromatic amines is 1. The Labute approximate surface area is 192 Å². The smallest absolute Gasteiger partial charge is 0.330 e. The zero-order valence-electron chi connectivity index (χ0n) is 18.2. The van der Waals surface area contributed by atoms with Crippen LogP contribution in [0, 0.1) is 6.92 Å². The first-order valence-corrected chi connectivity index (χ1v) is 13.1. The molecule has 18 heteroatoms. The molecule has 0 amide bonds. The molecule has 0 radical (unpaired) electrons. The summed E-state index contributed by atoms with van der Waals surface area (Å²) in [6.07, 6.45) is -5.84. The van der Waals surface area contributed by atoms with Gasteiger partial charge in [0.2, 0.25) is 0 Å². The van der Waals surface area contributed by atoms with Crippen LogP contribution >= 0.6 is 15.6 Å². The van der Waals surface area contributed by atoms with Gasteiger partial charge in [-0.1, -0.05) is 0 Å². The fourth-order valence-electron chi connectivity index (χ4n) is 3.52. The van der Waals surface area contributed by atoms with E-state index in [1.165, 1.54) is 20.0 Å². The highest BCUT2D eigenvalue weighted by molar-refractivity contribution is 7.59. The Morgan fingerprint density at radius 3 is 2.56 bits per heavy atom. The van der Waals surface area contributed by atoms with E-state index in [0.717, 1.165) is 4.57 Å². The van der Waals surface area contributed by atoms with Crippen molar-refractivity contribution in [1.82, 2.24) is 9.55 Å². The predicted molar refractivity (Wildman–Crippen MR) is 106 cm³/mol. The Bertz CT molecular complexity index is 1080. The summed E-state index contributed by atoms with van der Waals surface area (Å²) in [6, 6.07) is -0.628. The minimum Gasteiger partial charge on any atom is -0.756 e. The van der Waals surface area contributed by atoms with Crippen LogP contribution in [0.25, 0.3) is 0 Å². The Morgan fingerprint density at radius 1 is 1.24 bits per heavy atom. The third-order valence-electron chi connectivity index (χ3n) is 5.33. The van der Waals surface area contributed by atoms with Crippen LogP contribution in [0.3, 0.4) is 0 Å². The number of aliphatic hydroxyl groups excluding tert-OH is 2. The molecule has 2 fully saturated rings. The van der Waals surface area contributed by atoms with Crippen molar-refractivity contribution in [2.75, 3.05) is 6.61 Å². The molecule has 3 rings (SSSR count). The molecule has 0 spiro atoms. The van der Waals surface area contributed by atoms with Gasteiger partial charge in [0.25, 0.3) is 21.2 Å². The first kappa shape index (κ1) is 27.3. The van der Waals surface area contributed by atoms with Gasteiger partial charge in [0, 0.05) is 18.2 Å². The maximum atomic E-state index is 12.0. The average Bonchev–Trinajstić information content (AvgIpc) is 3.06. The summed E-state index contributed by atoms with van der Waals surface area (Å²) in [5.74, 6) is 0. The molecule has 0 aromatic carbocycles. The van der Waals surface area contributed by atoms with Gasteiger partial charge in [-0.3, -0.25) is 28.0 Å². The van der Waals surface area contributed by atoms with Crippen LogP contribution in [0.2, 0.25) is 0 Å². The summed E-state index contributed by atoms with van der Waals surface area (Å²) in [4.78, 5) is 49.6. The molecule has 2 aliphatic heterocycles. The largest absolute Gasteiger partial charge is 0.756 e. The third kappa shape index (κ3) is 6.69. The van der Waals surface area contributed by atoms with E-state index in [4.69, 9.17) is 9.47 Å². The van der Waals surface area contributed by atoms with Gasteiger partial charge in [-0.15, -0.1) is 0 Å². The quantitative estimate of drug-likeness (QED) is 0.239. The molecule has 1 aromatic rings. The summed E-state index contributed by atoms with van der Waals surface area (Å²) >= 11 is 0. The minimum atomic E-state index is -5.50. The van der Waals surface area contributed by atoms with Crippen molar-refractivity contribution in [3.8, 4) is 0 Å². The number of H-pyrrole nitrogens is 1. The first-order chi connectivity index (χ1) is 15.7. The lowest BCUT2D eigenvalue weighted by atomic mass is 10.0.